The predicted molar refractivity (Wildman–Crippen MR) is 129 cm³/mol. The topological polar surface area (TPSA) is 120 Å². The number of nitrogens with zero attached hydrogens (tertiary/aromatic N) is 5. The molecule has 4 heterocycles. The zero-order valence-electron chi connectivity index (χ0n) is 18.7. The number of benzene rings is 1. The van der Waals surface area contributed by atoms with E-state index in [-0.39, 0.29) is 17.9 Å². The van der Waals surface area contributed by atoms with Crippen LogP contribution in [0.4, 0.5) is 11.6 Å². The maximum Gasteiger partial charge on any atom is 0.253 e. The molecule has 4 aromatic rings. The summed E-state index contributed by atoms with van der Waals surface area (Å²) in [5.74, 6) is 0.199. The first-order chi connectivity index (χ1) is 16.5. The summed E-state index contributed by atoms with van der Waals surface area (Å²) in [5, 5.41) is 17.5. The molecule has 1 fully saturated rings. The monoisotopic (exact) mass is 456 g/mol. The maximum atomic E-state index is 12.9. The number of carbonyl (C=O) groups is 2. The molecular formula is C24H24N8O2. The van der Waals surface area contributed by atoms with Crippen molar-refractivity contribution in [1.29, 1.82) is 0 Å². The minimum absolute atomic E-state index is 0.0468. The van der Waals surface area contributed by atoms with Crippen LogP contribution in [0.5, 0.6) is 0 Å². The number of nitrogens with one attached hydrogen (secondary N) is 3. The van der Waals surface area contributed by atoms with Gasteiger partial charge in [-0.05, 0) is 55.8 Å². The van der Waals surface area contributed by atoms with Gasteiger partial charge in [-0.15, -0.1) is 5.10 Å². The zero-order valence-corrected chi connectivity index (χ0v) is 18.7. The zero-order chi connectivity index (χ0) is 23.7. The van der Waals surface area contributed by atoms with Gasteiger partial charge in [0, 0.05) is 53.4 Å². The summed E-state index contributed by atoms with van der Waals surface area (Å²) in [6.45, 7) is 6.63. The highest BCUT2D eigenvalue weighted by Crippen LogP contribution is 2.24. The first kappa shape index (κ1) is 21.4. The second-order valence-electron chi connectivity index (χ2n) is 8.18. The van der Waals surface area contributed by atoms with Crippen molar-refractivity contribution in [1.82, 2.24) is 29.7 Å². The summed E-state index contributed by atoms with van der Waals surface area (Å²) in [7, 11) is 0. The van der Waals surface area contributed by atoms with Crippen LogP contribution in [-0.4, -0.2) is 60.6 Å². The number of carbonyl (C=O) groups excluding carboxylic acids is 2. The third-order valence-corrected chi connectivity index (χ3v) is 5.94. The number of aromatic nitrogens is 5. The van der Waals surface area contributed by atoms with Crippen molar-refractivity contribution in [3.8, 4) is 11.1 Å². The van der Waals surface area contributed by atoms with Crippen LogP contribution >= 0.6 is 0 Å². The number of aryl methyl sites for hydroxylation is 1. The molecule has 1 atom stereocenters. The van der Waals surface area contributed by atoms with E-state index in [2.05, 4.69) is 37.5 Å². The Hall–Kier alpha value is -4.47. The summed E-state index contributed by atoms with van der Waals surface area (Å²) in [4.78, 5) is 30.7. The fourth-order valence-electron chi connectivity index (χ4n) is 4.15. The molecule has 10 heteroatoms. The van der Waals surface area contributed by atoms with E-state index in [1.165, 1.54) is 6.08 Å². The fraction of sp³-hybridized carbons (Fsp3) is 0.208. The van der Waals surface area contributed by atoms with Crippen LogP contribution in [0.3, 0.4) is 0 Å². The van der Waals surface area contributed by atoms with E-state index in [1.54, 1.807) is 30.5 Å². The number of aromatic amines is 1. The Morgan fingerprint density at radius 1 is 1.21 bits per heavy atom. The number of rotatable bonds is 6. The molecule has 1 aliphatic heterocycles. The number of hydrogen-bond acceptors (Lipinski definition) is 6. The Kier molecular flexibility index (Phi) is 5.54. The first-order valence-electron chi connectivity index (χ1n) is 11.0. The van der Waals surface area contributed by atoms with Crippen molar-refractivity contribution in [2.75, 3.05) is 23.7 Å². The van der Waals surface area contributed by atoms with Crippen molar-refractivity contribution in [2.45, 2.75) is 19.4 Å². The van der Waals surface area contributed by atoms with Gasteiger partial charge in [0.05, 0.1) is 6.20 Å². The normalized spacial score (nSPS) is 15.4. The lowest BCUT2D eigenvalue weighted by Gasteiger charge is -2.17. The molecule has 0 bridgehead atoms. The van der Waals surface area contributed by atoms with Gasteiger partial charge in [0.2, 0.25) is 11.9 Å². The van der Waals surface area contributed by atoms with E-state index in [4.69, 9.17) is 0 Å². The minimum Gasteiger partial charge on any atom is -0.348 e. The van der Waals surface area contributed by atoms with Gasteiger partial charge < -0.3 is 15.5 Å². The molecule has 1 aromatic carbocycles. The lowest BCUT2D eigenvalue weighted by Crippen LogP contribution is -2.31. The summed E-state index contributed by atoms with van der Waals surface area (Å²) in [6.07, 6.45) is 5.63. The second-order valence-corrected chi connectivity index (χ2v) is 8.18. The van der Waals surface area contributed by atoms with Crippen LogP contribution in [0.2, 0.25) is 0 Å². The van der Waals surface area contributed by atoms with Crippen LogP contribution < -0.4 is 10.6 Å². The molecule has 1 aliphatic rings. The largest absolute Gasteiger partial charge is 0.348 e. The highest BCUT2D eigenvalue weighted by Gasteiger charge is 2.28. The minimum atomic E-state index is -0.291. The molecular weight excluding hydrogens is 432 g/mol. The molecule has 10 nitrogen and oxygen atoms in total. The third kappa shape index (κ3) is 4.13. The van der Waals surface area contributed by atoms with Gasteiger partial charge in [-0.3, -0.25) is 14.7 Å². The van der Waals surface area contributed by atoms with E-state index in [9.17, 15) is 9.59 Å². The number of likely N-dealkylation sites (tertiary alicyclic amines) is 1. The number of hydrogen-bond donors (Lipinski definition) is 3. The number of pyridine rings is 1. The highest BCUT2D eigenvalue weighted by atomic mass is 16.2. The average molecular weight is 457 g/mol. The highest BCUT2D eigenvalue weighted by molar-refractivity contribution is 5.99. The van der Waals surface area contributed by atoms with Crippen molar-refractivity contribution < 1.29 is 9.59 Å². The lowest BCUT2D eigenvalue weighted by molar-refractivity contribution is -0.111. The Bertz CT molecular complexity index is 1360. The number of fused-ring (bicyclic) bond motifs is 1. The molecule has 3 aromatic heterocycles. The van der Waals surface area contributed by atoms with Crippen LogP contribution in [0.15, 0.2) is 61.4 Å². The molecule has 2 amide bonds. The van der Waals surface area contributed by atoms with Gasteiger partial charge in [0.15, 0.2) is 5.65 Å². The van der Waals surface area contributed by atoms with Crippen LogP contribution in [0, 0.1) is 6.92 Å². The molecule has 34 heavy (non-hydrogen) atoms. The Morgan fingerprint density at radius 3 is 2.76 bits per heavy atom. The van der Waals surface area contributed by atoms with Gasteiger partial charge in [-0.1, -0.05) is 6.58 Å². The fourth-order valence-corrected chi connectivity index (χ4v) is 4.15. The molecule has 3 N–H and O–H groups in total. The van der Waals surface area contributed by atoms with Crippen molar-refractivity contribution in [3.05, 3.63) is 72.7 Å². The van der Waals surface area contributed by atoms with Gasteiger partial charge in [-0.2, -0.15) is 10.1 Å². The molecule has 1 unspecified atom stereocenters. The van der Waals surface area contributed by atoms with Crippen molar-refractivity contribution >= 4 is 29.1 Å². The number of anilines is 2. The van der Waals surface area contributed by atoms with Crippen molar-refractivity contribution in [3.63, 3.8) is 0 Å². The Morgan fingerprint density at radius 2 is 2.03 bits per heavy atom. The Labute approximate surface area is 195 Å². The van der Waals surface area contributed by atoms with Crippen molar-refractivity contribution in [2.24, 2.45) is 0 Å². The third-order valence-electron chi connectivity index (χ3n) is 5.94. The summed E-state index contributed by atoms with van der Waals surface area (Å²) in [5.41, 5.74) is 4.94. The van der Waals surface area contributed by atoms with E-state index in [0.29, 0.717) is 30.3 Å². The SMILES string of the molecule is C=CC(=O)Nc1ccc(C(=O)N2CCC(Nc3nc4ccc(-c5cn[nH]c5)c(C)n4n3)C2)cc1. The van der Waals surface area contributed by atoms with Gasteiger partial charge in [0.1, 0.15) is 0 Å². The van der Waals surface area contributed by atoms with Crippen LogP contribution in [-0.2, 0) is 4.79 Å². The Balaban J connectivity index is 1.25. The predicted octanol–water partition coefficient (Wildman–Crippen LogP) is 2.88. The molecule has 0 saturated carbocycles. The maximum absolute atomic E-state index is 12.9. The molecule has 0 radical (unpaired) electrons. The van der Waals surface area contributed by atoms with Crippen LogP contribution in [0.25, 0.3) is 16.8 Å². The van der Waals surface area contributed by atoms with E-state index in [1.807, 2.05) is 34.7 Å². The van der Waals surface area contributed by atoms with E-state index >= 15 is 0 Å². The quantitative estimate of drug-likeness (QED) is 0.384. The van der Waals surface area contributed by atoms with Gasteiger partial charge in [-0.25, -0.2) is 4.52 Å². The number of H-pyrrole nitrogens is 1. The van der Waals surface area contributed by atoms with Gasteiger partial charge in [0.25, 0.3) is 5.91 Å². The summed E-state index contributed by atoms with van der Waals surface area (Å²) >= 11 is 0. The molecule has 172 valence electrons. The van der Waals surface area contributed by atoms with Crippen LogP contribution in [0.1, 0.15) is 22.5 Å². The molecule has 5 rings (SSSR count). The molecule has 1 saturated heterocycles. The van der Waals surface area contributed by atoms with E-state index in [0.717, 1.165) is 28.9 Å². The summed E-state index contributed by atoms with van der Waals surface area (Å²) in [6, 6.07) is 10.8. The second kappa shape index (κ2) is 8.81. The average Bonchev–Trinajstić information content (AvgIpc) is 3.61. The number of amides is 2. The lowest BCUT2D eigenvalue weighted by atomic mass is 10.1. The smallest absolute Gasteiger partial charge is 0.253 e. The summed E-state index contributed by atoms with van der Waals surface area (Å²) < 4.78 is 1.81. The molecule has 0 aliphatic carbocycles. The molecule has 0 spiro atoms. The van der Waals surface area contributed by atoms with E-state index < -0.39 is 0 Å². The van der Waals surface area contributed by atoms with Gasteiger partial charge >= 0.3 is 0 Å². The first-order valence-corrected chi connectivity index (χ1v) is 11.0. The standard InChI is InChI=1S/C24H24N8O2/c1-3-22(33)27-18-6-4-16(5-7-18)23(34)31-11-10-19(14-31)28-24-29-21-9-8-20(15(2)32(21)30-24)17-12-25-26-13-17/h3-9,12-13,19H,1,10-11,14H2,2H3,(H,25,26)(H,27,33)(H,28,30).